The number of esters is 1. The van der Waals surface area contributed by atoms with Crippen LogP contribution in [0.3, 0.4) is 0 Å². The zero-order valence-electron chi connectivity index (χ0n) is 9.67. The largest absolute Gasteiger partial charge is 0.465 e. The average molecular weight is 218 g/mol. The van der Waals surface area contributed by atoms with E-state index in [2.05, 4.69) is 40.3 Å². The molecule has 0 bridgehead atoms. The van der Waals surface area contributed by atoms with Gasteiger partial charge in [0.1, 0.15) is 6.61 Å². The quantitative estimate of drug-likeness (QED) is 0.567. The molecule has 0 rings (SSSR count). The van der Waals surface area contributed by atoms with E-state index in [1.54, 1.807) is 0 Å². The predicted octanol–water partition coefficient (Wildman–Crippen LogP) is 2.92. The number of hydrogen-bond donors (Lipinski definition) is 1. The van der Waals surface area contributed by atoms with Crippen LogP contribution < -0.4 is 0 Å². The molecule has 0 aromatic rings. The third-order valence-corrected chi connectivity index (χ3v) is 2.01. The number of rotatable bonds is 5. The summed E-state index contributed by atoms with van der Waals surface area (Å²) in [7, 11) is 0. The molecule has 0 aromatic carbocycles. The Hall–Kier alpha value is -0.180. The van der Waals surface area contributed by atoms with E-state index in [-0.39, 0.29) is 11.4 Å². The summed E-state index contributed by atoms with van der Waals surface area (Å²) in [5.41, 5.74) is 0.281. The Morgan fingerprint density at radius 3 is 2.43 bits per heavy atom. The number of ether oxygens (including phenoxy) is 1. The molecule has 3 heteroatoms. The van der Waals surface area contributed by atoms with Gasteiger partial charge in [0.25, 0.3) is 0 Å². The Labute approximate surface area is 92.8 Å². The number of thiol groups is 1. The maximum atomic E-state index is 11.2. The highest BCUT2D eigenvalue weighted by Gasteiger charge is 2.18. The average Bonchev–Trinajstić information content (AvgIpc) is 1.96. The van der Waals surface area contributed by atoms with E-state index < -0.39 is 0 Å². The molecule has 0 aliphatic rings. The predicted molar refractivity (Wildman–Crippen MR) is 62.7 cm³/mol. The van der Waals surface area contributed by atoms with Gasteiger partial charge in [-0.25, -0.2) is 0 Å². The minimum absolute atomic E-state index is 0.101. The van der Waals surface area contributed by atoms with Crippen LogP contribution in [-0.2, 0) is 9.53 Å². The Morgan fingerprint density at radius 2 is 2.00 bits per heavy atom. The molecule has 0 spiro atoms. The minimum Gasteiger partial charge on any atom is -0.465 e. The molecule has 1 atom stereocenters. The summed E-state index contributed by atoms with van der Waals surface area (Å²) in [6, 6.07) is 0. The van der Waals surface area contributed by atoms with Crippen LogP contribution in [0.5, 0.6) is 0 Å². The zero-order valence-corrected chi connectivity index (χ0v) is 10.6. The van der Waals surface area contributed by atoms with E-state index in [0.717, 1.165) is 6.42 Å². The van der Waals surface area contributed by atoms with Crippen molar-refractivity contribution < 1.29 is 9.53 Å². The van der Waals surface area contributed by atoms with Crippen molar-refractivity contribution in [3.63, 3.8) is 0 Å². The molecule has 0 aromatic heterocycles. The summed E-state index contributed by atoms with van der Waals surface area (Å²) >= 11 is 3.98. The van der Waals surface area contributed by atoms with Gasteiger partial charge >= 0.3 is 5.97 Å². The smallest absolute Gasteiger partial charge is 0.306 e. The van der Waals surface area contributed by atoms with Crippen molar-refractivity contribution >= 4 is 18.6 Å². The van der Waals surface area contributed by atoms with E-state index >= 15 is 0 Å². The second-order valence-electron chi connectivity index (χ2n) is 5.02. The van der Waals surface area contributed by atoms with Gasteiger partial charge in [-0.05, 0) is 17.8 Å². The first-order valence-electron chi connectivity index (χ1n) is 5.11. The monoisotopic (exact) mass is 218 g/mol. The van der Waals surface area contributed by atoms with Crippen molar-refractivity contribution in [3.8, 4) is 0 Å². The lowest BCUT2D eigenvalue weighted by Crippen LogP contribution is -2.16. The van der Waals surface area contributed by atoms with Crippen molar-refractivity contribution in [2.75, 3.05) is 12.4 Å². The molecule has 0 fully saturated rings. The Kier molecular flexibility index (Phi) is 6.25. The van der Waals surface area contributed by atoms with E-state index in [9.17, 15) is 4.79 Å². The highest BCUT2D eigenvalue weighted by Crippen LogP contribution is 2.25. The minimum atomic E-state index is -0.101. The fraction of sp³-hybridized carbons (Fsp3) is 0.909. The fourth-order valence-electron chi connectivity index (χ4n) is 1.62. The molecule has 0 radical (unpaired) electrons. The van der Waals surface area contributed by atoms with Crippen LogP contribution in [0.25, 0.3) is 0 Å². The maximum absolute atomic E-state index is 11.2. The lowest BCUT2D eigenvalue weighted by atomic mass is 9.84. The van der Waals surface area contributed by atoms with Crippen molar-refractivity contribution in [1.29, 1.82) is 0 Å². The molecule has 0 N–H and O–H groups in total. The topological polar surface area (TPSA) is 26.3 Å². The summed E-state index contributed by atoms with van der Waals surface area (Å²) in [5.74, 6) is 0.887. The van der Waals surface area contributed by atoms with Gasteiger partial charge < -0.3 is 4.74 Å². The molecule has 14 heavy (non-hydrogen) atoms. The van der Waals surface area contributed by atoms with Crippen molar-refractivity contribution in [1.82, 2.24) is 0 Å². The molecule has 0 saturated heterocycles. The van der Waals surface area contributed by atoms with Gasteiger partial charge in [0, 0.05) is 12.2 Å². The van der Waals surface area contributed by atoms with Crippen molar-refractivity contribution in [2.24, 2.45) is 11.3 Å². The van der Waals surface area contributed by atoms with Crippen LogP contribution >= 0.6 is 12.6 Å². The third kappa shape index (κ3) is 8.42. The van der Waals surface area contributed by atoms with E-state index in [0.29, 0.717) is 24.7 Å². The second kappa shape index (κ2) is 6.33. The molecule has 0 amide bonds. The molecular weight excluding hydrogens is 196 g/mol. The first-order valence-corrected chi connectivity index (χ1v) is 5.75. The van der Waals surface area contributed by atoms with E-state index in [1.165, 1.54) is 0 Å². The molecule has 2 nitrogen and oxygen atoms in total. The molecular formula is C11H22O2S. The first-order chi connectivity index (χ1) is 6.35. The highest BCUT2D eigenvalue weighted by atomic mass is 32.1. The van der Waals surface area contributed by atoms with Gasteiger partial charge in [-0.1, -0.05) is 27.7 Å². The van der Waals surface area contributed by atoms with E-state index in [4.69, 9.17) is 4.74 Å². The van der Waals surface area contributed by atoms with Crippen LogP contribution in [0.2, 0.25) is 0 Å². The molecule has 0 aliphatic carbocycles. The molecule has 0 saturated carbocycles. The zero-order chi connectivity index (χ0) is 11.2. The van der Waals surface area contributed by atoms with Crippen LogP contribution in [0.4, 0.5) is 0 Å². The summed E-state index contributed by atoms with van der Waals surface area (Å²) in [6.07, 6.45) is 1.56. The van der Waals surface area contributed by atoms with Gasteiger partial charge in [0.2, 0.25) is 0 Å². The fourth-order valence-corrected chi connectivity index (χ4v) is 1.71. The lowest BCUT2D eigenvalue weighted by Gasteiger charge is -2.22. The summed E-state index contributed by atoms with van der Waals surface area (Å²) in [5, 5.41) is 0. The lowest BCUT2D eigenvalue weighted by molar-refractivity contribution is -0.144. The van der Waals surface area contributed by atoms with Gasteiger partial charge in [0.05, 0.1) is 0 Å². The number of carbonyl (C=O) groups excluding carboxylic acids is 1. The highest BCUT2D eigenvalue weighted by molar-refractivity contribution is 7.80. The normalized spacial score (nSPS) is 13.8. The summed E-state index contributed by atoms with van der Waals surface area (Å²) in [4.78, 5) is 11.2. The molecule has 1 unspecified atom stereocenters. The molecule has 0 heterocycles. The van der Waals surface area contributed by atoms with Gasteiger partial charge in [-0.15, -0.1) is 0 Å². The SMILES string of the molecule is CC(CC(=O)OCCS)CC(C)(C)C. The standard InChI is InChI=1S/C11H22O2S/c1-9(8-11(2,3)4)7-10(12)13-5-6-14/h9,14H,5-8H2,1-4H3. The van der Waals surface area contributed by atoms with Gasteiger partial charge in [-0.2, -0.15) is 12.6 Å². The summed E-state index contributed by atoms with van der Waals surface area (Å²) < 4.78 is 4.96. The molecule has 0 aliphatic heterocycles. The third-order valence-electron chi connectivity index (χ3n) is 1.83. The van der Waals surface area contributed by atoms with Crippen LogP contribution in [0.15, 0.2) is 0 Å². The van der Waals surface area contributed by atoms with Crippen LogP contribution in [0, 0.1) is 11.3 Å². The maximum Gasteiger partial charge on any atom is 0.306 e. The molecule has 84 valence electrons. The Morgan fingerprint density at radius 1 is 1.43 bits per heavy atom. The number of carbonyl (C=O) groups is 1. The van der Waals surface area contributed by atoms with Crippen molar-refractivity contribution in [3.05, 3.63) is 0 Å². The van der Waals surface area contributed by atoms with Crippen LogP contribution in [0.1, 0.15) is 40.5 Å². The Balaban J connectivity index is 3.71. The first kappa shape index (κ1) is 13.8. The Bertz CT molecular complexity index is 173. The van der Waals surface area contributed by atoms with Gasteiger partial charge in [-0.3, -0.25) is 4.79 Å². The number of hydrogen-bond acceptors (Lipinski definition) is 3. The second-order valence-corrected chi connectivity index (χ2v) is 5.47. The van der Waals surface area contributed by atoms with Crippen molar-refractivity contribution in [2.45, 2.75) is 40.5 Å². The summed E-state index contributed by atoms with van der Waals surface area (Å²) in [6.45, 7) is 9.06. The van der Waals surface area contributed by atoms with Gasteiger partial charge in [0.15, 0.2) is 0 Å². The van der Waals surface area contributed by atoms with E-state index in [1.807, 2.05) is 0 Å². The van der Waals surface area contributed by atoms with Crippen LogP contribution in [-0.4, -0.2) is 18.3 Å².